The molecule has 2 rings (SSSR count). The third kappa shape index (κ3) is 1.90. The molecule has 76 valence electrons. The first-order chi connectivity index (χ1) is 6.70. The van der Waals surface area contributed by atoms with Gasteiger partial charge in [-0.1, -0.05) is 27.5 Å². The van der Waals surface area contributed by atoms with Crippen LogP contribution in [0.5, 0.6) is 5.75 Å². The Hall–Kier alpha value is -0.250. The van der Waals surface area contributed by atoms with Gasteiger partial charge >= 0.3 is 0 Å². The lowest BCUT2D eigenvalue weighted by Gasteiger charge is -2.25. The molecular weight excluding hydrogens is 265 g/mol. The van der Waals surface area contributed by atoms with Gasteiger partial charge in [0.25, 0.3) is 0 Å². The van der Waals surface area contributed by atoms with Crippen LogP contribution in [0.25, 0.3) is 0 Å². The minimum absolute atomic E-state index is 0.410. The van der Waals surface area contributed by atoms with E-state index in [2.05, 4.69) is 15.9 Å². The van der Waals surface area contributed by atoms with Crippen LogP contribution in [0, 0.1) is 5.92 Å². The van der Waals surface area contributed by atoms with Crippen molar-refractivity contribution in [1.82, 2.24) is 0 Å². The van der Waals surface area contributed by atoms with E-state index >= 15 is 0 Å². The summed E-state index contributed by atoms with van der Waals surface area (Å²) in [6.07, 6.45) is 0.949. The van der Waals surface area contributed by atoms with Crippen LogP contribution in [0.15, 0.2) is 16.6 Å². The molecule has 1 atom stereocenters. The monoisotopic (exact) mass is 275 g/mol. The van der Waals surface area contributed by atoms with Crippen LogP contribution in [0.1, 0.15) is 5.56 Å². The van der Waals surface area contributed by atoms with Crippen LogP contribution in [-0.4, -0.2) is 13.2 Å². The quantitative estimate of drug-likeness (QED) is 0.856. The highest BCUT2D eigenvalue weighted by molar-refractivity contribution is 9.10. The molecule has 2 nitrogen and oxygen atoms in total. The van der Waals surface area contributed by atoms with Gasteiger partial charge in [0, 0.05) is 10.4 Å². The van der Waals surface area contributed by atoms with E-state index in [0.717, 1.165) is 22.2 Å². The number of benzene rings is 1. The van der Waals surface area contributed by atoms with Crippen molar-refractivity contribution in [2.75, 3.05) is 13.2 Å². The molecule has 2 N–H and O–H groups in total. The van der Waals surface area contributed by atoms with Gasteiger partial charge in [0.05, 0.1) is 11.6 Å². The van der Waals surface area contributed by atoms with Crippen LogP contribution < -0.4 is 10.5 Å². The second-order valence-corrected chi connectivity index (χ2v) is 4.82. The molecule has 0 saturated heterocycles. The van der Waals surface area contributed by atoms with Gasteiger partial charge in [0.15, 0.2) is 0 Å². The fourth-order valence-corrected chi connectivity index (χ4v) is 2.58. The first kappa shape index (κ1) is 10.3. The summed E-state index contributed by atoms with van der Waals surface area (Å²) in [5.74, 6) is 1.23. The highest BCUT2D eigenvalue weighted by Crippen LogP contribution is 2.36. The molecule has 0 spiro atoms. The average Bonchev–Trinajstić information content (AvgIpc) is 2.16. The molecular formula is C10H11BrClNO. The molecule has 0 radical (unpaired) electrons. The maximum Gasteiger partial charge on any atom is 0.141 e. The maximum atomic E-state index is 6.05. The van der Waals surface area contributed by atoms with Gasteiger partial charge in [-0.2, -0.15) is 0 Å². The van der Waals surface area contributed by atoms with Gasteiger partial charge in [0.2, 0.25) is 0 Å². The predicted molar refractivity (Wildman–Crippen MR) is 60.9 cm³/mol. The van der Waals surface area contributed by atoms with E-state index in [4.69, 9.17) is 22.1 Å². The number of fused-ring (bicyclic) bond motifs is 1. The van der Waals surface area contributed by atoms with E-state index in [1.807, 2.05) is 12.1 Å². The van der Waals surface area contributed by atoms with Crippen LogP contribution in [0.2, 0.25) is 5.02 Å². The zero-order chi connectivity index (χ0) is 10.1. The third-order valence-electron chi connectivity index (χ3n) is 2.39. The Labute approximate surface area is 96.5 Å². The Morgan fingerprint density at radius 2 is 2.36 bits per heavy atom. The zero-order valence-electron chi connectivity index (χ0n) is 7.59. The number of hydrogen-bond donors (Lipinski definition) is 1. The van der Waals surface area contributed by atoms with Crippen LogP contribution in [0.4, 0.5) is 0 Å². The minimum Gasteiger partial charge on any atom is -0.491 e. The number of halogens is 2. The molecule has 0 bridgehead atoms. The second kappa shape index (κ2) is 4.09. The summed E-state index contributed by atoms with van der Waals surface area (Å²) in [6.45, 7) is 1.33. The summed E-state index contributed by atoms with van der Waals surface area (Å²) in [4.78, 5) is 0. The highest BCUT2D eigenvalue weighted by Gasteiger charge is 2.21. The molecule has 1 aromatic rings. The van der Waals surface area contributed by atoms with E-state index in [-0.39, 0.29) is 0 Å². The molecule has 0 fully saturated rings. The molecule has 1 aromatic carbocycles. The van der Waals surface area contributed by atoms with Crippen molar-refractivity contribution >= 4 is 27.5 Å². The number of hydrogen-bond acceptors (Lipinski definition) is 2. The molecule has 4 heteroatoms. The third-order valence-corrected chi connectivity index (χ3v) is 3.13. The smallest absolute Gasteiger partial charge is 0.141 e. The largest absolute Gasteiger partial charge is 0.491 e. The van der Waals surface area contributed by atoms with Crippen molar-refractivity contribution in [3.05, 3.63) is 27.2 Å². The van der Waals surface area contributed by atoms with Crippen molar-refractivity contribution in [1.29, 1.82) is 0 Å². The van der Waals surface area contributed by atoms with Crippen molar-refractivity contribution < 1.29 is 4.74 Å². The minimum atomic E-state index is 0.410. The van der Waals surface area contributed by atoms with Crippen LogP contribution in [-0.2, 0) is 6.42 Å². The van der Waals surface area contributed by atoms with E-state index in [0.29, 0.717) is 24.1 Å². The topological polar surface area (TPSA) is 35.2 Å². The molecule has 14 heavy (non-hydrogen) atoms. The van der Waals surface area contributed by atoms with Gasteiger partial charge in [-0.15, -0.1) is 0 Å². The van der Waals surface area contributed by atoms with Gasteiger partial charge in [-0.3, -0.25) is 0 Å². The van der Waals surface area contributed by atoms with Crippen LogP contribution in [0.3, 0.4) is 0 Å². The van der Waals surface area contributed by atoms with Crippen molar-refractivity contribution in [3.63, 3.8) is 0 Å². The Kier molecular flexibility index (Phi) is 3.00. The van der Waals surface area contributed by atoms with Crippen molar-refractivity contribution in [3.8, 4) is 5.75 Å². The fraction of sp³-hybridized carbons (Fsp3) is 0.400. The van der Waals surface area contributed by atoms with Gasteiger partial charge in [-0.05, 0) is 30.7 Å². The molecule has 1 aliphatic heterocycles. The molecule has 1 heterocycles. The lowest BCUT2D eigenvalue weighted by Crippen LogP contribution is -2.27. The first-order valence-electron chi connectivity index (χ1n) is 4.51. The summed E-state index contributed by atoms with van der Waals surface area (Å²) in [5.41, 5.74) is 6.76. The Morgan fingerprint density at radius 3 is 3.07 bits per heavy atom. The lowest BCUT2D eigenvalue weighted by atomic mass is 9.97. The highest BCUT2D eigenvalue weighted by atomic mass is 79.9. The lowest BCUT2D eigenvalue weighted by molar-refractivity contribution is 0.226. The summed E-state index contributed by atoms with van der Waals surface area (Å²) < 4.78 is 6.57. The number of nitrogens with two attached hydrogens (primary N) is 1. The van der Waals surface area contributed by atoms with E-state index in [1.165, 1.54) is 0 Å². The summed E-state index contributed by atoms with van der Waals surface area (Å²) in [5, 5.41) is 0.671. The summed E-state index contributed by atoms with van der Waals surface area (Å²) >= 11 is 9.46. The standard InChI is InChI=1S/C10H11BrClNO/c11-8-2-7-1-6(4-13)5-14-10(7)9(12)3-8/h2-3,6H,1,4-5,13H2. The maximum absolute atomic E-state index is 6.05. The average molecular weight is 277 g/mol. The van der Waals surface area contributed by atoms with E-state index in [1.54, 1.807) is 0 Å². The van der Waals surface area contributed by atoms with Gasteiger partial charge < -0.3 is 10.5 Å². The number of ether oxygens (including phenoxy) is 1. The molecule has 0 aromatic heterocycles. The van der Waals surface area contributed by atoms with Gasteiger partial charge in [0.1, 0.15) is 5.75 Å². The molecule has 1 unspecified atom stereocenters. The first-order valence-corrected chi connectivity index (χ1v) is 5.68. The summed E-state index contributed by atoms with van der Waals surface area (Å²) in [7, 11) is 0. The van der Waals surface area contributed by atoms with Gasteiger partial charge in [-0.25, -0.2) is 0 Å². The molecule has 1 aliphatic rings. The van der Waals surface area contributed by atoms with Crippen LogP contribution >= 0.6 is 27.5 Å². The molecule has 0 amide bonds. The van der Waals surface area contributed by atoms with Crippen molar-refractivity contribution in [2.24, 2.45) is 11.7 Å². The predicted octanol–water partition coefficient (Wildman–Crippen LogP) is 2.61. The van der Waals surface area contributed by atoms with E-state index < -0.39 is 0 Å². The fourth-order valence-electron chi connectivity index (χ4n) is 1.65. The SMILES string of the molecule is NCC1COc2c(Cl)cc(Br)cc2C1. The second-order valence-electron chi connectivity index (χ2n) is 3.49. The Morgan fingerprint density at radius 1 is 1.57 bits per heavy atom. The zero-order valence-corrected chi connectivity index (χ0v) is 9.94. The Balaban J connectivity index is 2.37. The van der Waals surface area contributed by atoms with E-state index in [9.17, 15) is 0 Å². The van der Waals surface area contributed by atoms with Crippen molar-refractivity contribution in [2.45, 2.75) is 6.42 Å². The summed E-state index contributed by atoms with van der Waals surface area (Å²) in [6, 6.07) is 3.90. The molecule has 0 aliphatic carbocycles. The molecule has 0 saturated carbocycles. The normalized spacial score (nSPS) is 20.1. The number of rotatable bonds is 1. The Bertz CT molecular complexity index is 356.